The van der Waals surface area contributed by atoms with Crippen molar-refractivity contribution >= 4 is 23.4 Å². The fourth-order valence-corrected chi connectivity index (χ4v) is 2.67. The lowest BCUT2D eigenvalue weighted by molar-refractivity contribution is -0.137. The van der Waals surface area contributed by atoms with Crippen LogP contribution < -0.4 is 10.2 Å². The first-order chi connectivity index (χ1) is 11.8. The first kappa shape index (κ1) is 16.7. The van der Waals surface area contributed by atoms with Crippen LogP contribution in [0.1, 0.15) is 11.3 Å². The van der Waals surface area contributed by atoms with E-state index in [2.05, 4.69) is 10.3 Å². The topological polar surface area (TPSA) is 82.5 Å². The molecule has 1 aromatic heterocycles. The maximum atomic E-state index is 12.7. The quantitative estimate of drug-likeness (QED) is 0.871. The summed E-state index contributed by atoms with van der Waals surface area (Å²) >= 11 is 0. The number of hydrogen-bond donors (Lipinski definition) is 2. The Hall–Kier alpha value is -3.10. The molecule has 1 atom stereocenters. The van der Waals surface area contributed by atoms with Gasteiger partial charge in [0.05, 0.1) is 16.9 Å². The second-order valence-corrected chi connectivity index (χ2v) is 5.39. The highest BCUT2D eigenvalue weighted by atomic mass is 19.4. The molecule has 130 valence electrons. The van der Waals surface area contributed by atoms with Crippen LogP contribution in [0.2, 0.25) is 0 Å². The van der Waals surface area contributed by atoms with Crippen molar-refractivity contribution in [3.63, 3.8) is 0 Å². The number of benzene rings is 1. The van der Waals surface area contributed by atoms with Gasteiger partial charge in [0, 0.05) is 18.3 Å². The number of carbonyl (C=O) groups excluding carboxylic acids is 1. The third-order valence-electron chi connectivity index (χ3n) is 3.77. The van der Waals surface area contributed by atoms with Gasteiger partial charge in [-0.25, -0.2) is 4.79 Å². The third-order valence-corrected chi connectivity index (χ3v) is 3.77. The number of halogens is 3. The summed E-state index contributed by atoms with van der Waals surface area (Å²) in [5.41, 5.74) is 0.243. The van der Waals surface area contributed by atoms with Gasteiger partial charge in [-0.15, -0.1) is 0 Å². The fourth-order valence-electron chi connectivity index (χ4n) is 2.67. The lowest BCUT2D eigenvalue weighted by atomic mass is 10.0. The highest BCUT2D eigenvalue weighted by molar-refractivity contribution is 6.06. The number of alkyl halides is 3. The van der Waals surface area contributed by atoms with E-state index >= 15 is 0 Å². The second kappa shape index (κ2) is 6.08. The van der Waals surface area contributed by atoms with Gasteiger partial charge in [0.1, 0.15) is 6.04 Å². The minimum atomic E-state index is -4.49. The molecule has 2 aromatic rings. The molecular weight excluding hydrogens is 339 g/mol. The third kappa shape index (κ3) is 3.25. The minimum Gasteiger partial charge on any atom is -0.465 e. The maximum Gasteiger partial charge on any atom is 0.416 e. The van der Waals surface area contributed by atoms with Gasteiger partial charge in [-0.2, -0.15) is 13.2 Å². The number of hydrogen-bond acceptors (Lipinski definition) is 3. The molecule has 1 aliphatic rings. The summed E-state index contributed by atoms with van der Waals surface area (Å²) in [6.45, 7) is 0. The zero-order valence-corrected chi connectivity index (χ0v) is 12.6. The van der Waals surface area contributed by atoms with Crippen LogP contribution in [0.3, 0.4) is 0 Å². The van der Waals surface area contributed by atoms with Crippen LogP contribution in [-0.2, 0) is 17.4 Å². The van der Waals surface area contributed by atoms with E-state index in [1.807, 2.05) is 0 Å². The van der Waals surface area contributed by atoms with Crippen molar-refractivity contribution in [3.05, 3.63) is 53.9 Å². The van der Waals surface area contributed by atoms with Crippen LogP contribution in [0, 0.1) is 0 Å². The number of rotatable bonds is 2. The molecule has 0 aliphatic carbocycles. The van der Waals surface area contributed by atoms with Gasteiger partial charge in [-0.1, -0.05) is 0 Å². The van der Waals surface area contributed by atoms with Crippen molar-refractivity contribution in [2.45, 2.75) is 18.6 Å². The van der Waals surface area contributed by atoms with E-state index in [0.29, 0.717) is 11.4 Å². The average Bonchev–Trinajstić information content (AvgIpc) is 2.54. The number of carboxylic acid groups (broad SMARTS) is 1. The zero-order chi connectivity index (χ0) is 18.2. The summed E-state index contributed by atoms with van der Waals surface area (Å²) in [6.07, 6.45) is -4.29. The largest absolute Gasteiger partial charge is 0.465 e. The predicted octanol–water partition coefficient (Wildman–Crippen LogP) is 2.96. The number of pyridine rings is 1. The Labute approximate surface area is 139 Å². The second-order valence-electron chi connectivity index (χ2n) is 5.39. The molecule has 9 heteroatoms. The Bertz CT molecular complexity index is 821. The number of fused-ring (bicyclic) bond motifs is 1. The first-order valence-corrected chi connectivity index (χ1v) is 7.22. The predicted molar refractivity (Wildman–Crippen MR) is 81.5 cm³/mol. The molecule has 6 nitrogen and oxygen atoms in total. The van der Waals surface area contributed by atoms with Crippen LogP contribution >= 0.6 is 0 Å². The van der Waals surface area contributed by atoms with E-state index in [-0.39, 0.29) is 12.1 Å². The molecule has 1 aliphatic heterocycles. The molecule has 0 radical (unpaired) electrons. The van der Waals surface area contributed by atoms with Gasteiger partial charge in [-0.3, -0.25) is 14.7 Å². The smallest absolute Gasteiger partial charge is 0.416 e. The SMILES string of the molecule is O=C(O)NC1Cc2ncccc2N(c2ccc(C(F)(F)F)cc2)C1=O. The van der Waals surface area contributed by atoms with Crippen molar-refractivity contribution in [3.8, 4) is 0 Å². The van der Waals surface area contributed by atoms with Crippen molar-refractivity contribution in [2.24, 2.45) is 0 Å². The summed E-state index contributed by atoms with van der Waals surface area (Å²) in [4.78, 5) is 28.9. The van der Waals surface area contributed by atoms with Crippen LogP contribution in [0.5, 0.6) is 0 Å². The first-order valence-electron chi connectivity index (χ1n) is 7.22. The monoisotopic (exact) mass is 351 g/mol. The standard InChI is InChI=1S/C16H12F3N3O3/c17-16(18,19)9-3-5-10(6-4-9)22-13-2-1-7-20-11(13)8-12(14(22)23)21-15(24)25/h1-7,12,21H,8H2,(H,24,25). The Morgan fingerprint density at radius 3 is 2.52 bits per heavy atom. The molecule has 0 saturated carbocycles. The zero-order valence-electron chi connectivity index (χ0n) is 12.6. The number of nitrogens with zero attached hydrogens (tertiary/aromatic N) is 2. The molecule has 2 amide bonds. The van der Waals surface area contributed by atoms with Gasteiger partial charge in [0.2, 0.25) is 0 Å². The molecule has 2 N–H and O–H groups in total. The van der Waals surface area contributed by atoms with E-state index in [0.717, 1.165) is 12.1 Å². The normalized spacial score (nSPS) is 17.2. The minimum absolute atomic E-state index is 0.0679. The Morgan fingerprint density at radius 1 is 1.24 bits per heavy atom. The van der Waals surface area contributed by atoms with Gasteiger partial charge in [0.15, 0.2) is 0 Å². The molecule has 25 heavy (non-hydrogen) atoms. The van der Waals surface area contributed by atoms with E-state index < -0.39 is 29.8 Å². The van der Waals surface area contributed by atoms with Crippen LogP contribution in [0.25, 0.3) is 0 Å². The molecule has 0 spiro atoms. The van der Waals surface area contributed by atoms with Crippen LogP contribution in [-0.4, -0.2) is 28.1 Å². The fraction of sp³-hybridized carbons (Fsp3) is 0.188. The van der Waals surface area contributed by atoms with E-state index in [1.54, 1.807) is 12.1 Å². The van der Waals surface area contributed by atoms with E-state index in [4.69, 9.17) is 5.11 Å². The summed E-state index contributed by atoms with van der Waals surface area (Å²) in [6, 6.07) is 6.20. The van der Waals surface area contributed by atoms with Crippen LogP contribution in [0.4, 0.5) is 29.3 Å². The summed E-state index contributed by atoms with van der Waals surface area (Å²) in [5, 5.41) is 11.0. The number of anilines is 2. The lowest BCUT2D eigenvalue weighted by Crippen LogP contribution is -2.51. The van der Waals surface area contributed by atoms with Gasteiger partial charge >= 0.3 is 12.3 Å². The van der Waals surface area contributed by atoms with Crippen molar-refractivity contribution in [1.82, 2.24) is 10.3 Å². The Morgan fingerprint density at radius 2 is 1.92 bits per heavy atom. The molecule has 0 bridgehead atoms. The highest BCUT2D eigenvalue weighted by Crippen LogP contribution is 2.35. The summed E-state index contributed by atoms with van der Waals surface area (Å²) in [5.74, 6) is -0.581. The lowest BCUT2D eigenvalue weighted by Gasteiger charge is -2.33. The Kier molecular flexibility index (Phi) is 4.07. The Balaban J connectivity index is 2.03. The molecule has 0 fully saturated rings. The number of carbonyl (C=O) groups is 2. The number of amides is 2. The summed E-state index contributed by atoms with van der Waals surface area (Å²) in [7, 11) is 0. The average molecular weight is 351 g/mol. The molecule has 1 aromatic carbocycles. The molecular formula is C16H12F3N3O3. The van der Waals surface area contributed by atoms with Gasteiger partial charge in [-0.05, 0) is 36.4 Å². The maximum absolute atomic E-state index is 12.7. The molecule has 1 unspecified atom stereocenters. The van der Waals surface area contributed by atoms with E-state index in [9.17, 15) is 22.8 Å². The van der Waals surface area contributed by atoms with Gasteiger partial charge in [0.25, 0.3) is 5.91 Å². The highest BCUT2D eigenvalue weighted by Gasteiger charge is 2.36. The molecule has 3 rings (SSSR count). The van der Waals surface area contributed by atoms with Gasteiger partial charge < -0.3 is 10.4 Å². The summed E-state index contributed by atoms with van der Waals surface area (Å²) < 4.78 is 38.2. The van der Waals surface area contributed by atoms with Crippen molar-refractivity contribution < 1.29 is 27.9 Å². The molecule has 2 heterocycles. The number of nitrogens with one attached hydrogen (secondary N) is 1. The number of aromatic nitrogens is 1. The molecule has 0 saturated heterocycles. The van der Waals surface area contributed by atoms with E-state index in [1.165, 1.54) is 23.2 Å². The van der Waals surface area contributed by atoms with Crippen molar-refractivity contribution in [1.29, 1.82) is 0 Å². The van der Waals surface area contributed by atoms with Crippen molar-refractivity contribution in [2.75, 3.05) is 4.90 Å². The van der Waals surface area contributed by atoms with Crippen LogP contribution in [0.15, 0.2) is 42.6 Å².